The summed E-state index contributed by atoms with van der Waals surface area (Å²) in [6, 6.07) is 4.99. The topological polar surface area (TPSA) is 157 Å². The van der Waals surface area contributed by atoms with Crippen molar-refractivity contribution < 1.29 is 29.1 Å². The van der Waals surface area contributed by atoms with Crippen molar-refractivity contribution in [2.45, 2.75) is 44.3 Å². The molecule has 1 heterocycles. The van der Waals surface area contributed by atoms with Crippen LogP contribution in [0.15, 0.2) is 24.3 Å². The molecule has 1 aliphatic rings. The van der Waals surface area contributed by atoms with Gasteiger partial charge in [0.1, 0.15) is 18.4 Å². The van der Waals surface area contributed by atoms with E-state index in [1.807, 2.05) is 6.07 Å². The highest BCUT2D eigenvalue weighted by Gasteiger charge is 2.37. The van der Waals surface area contributed by atoms with Crippen molar-refractivity contribution in [2.24, 2.45) is 0 Å². The summed E-state index contributed by atoms with van der Waals surface area (Å²) >= 11 is 0. The quantitative estimate of drug-likeness (QED) is 0.498. The van der Waals surface area contributed by atoms with Gasteiger partial charge in [-0.3, -0.25) is 19.2 Å². The second-order valence-electron chi connectivity index (χ2n) is 6.93. The number of amides is 3. The molecule has 2 rings (SSSR count). The molecule has 0 bridgehead atoms. The van der Waals surface area contributed by atoms with Gasteiger partial charge in [0.2, 0.25) is 11.8 Å². The summed E-state index contributed by atoms with van der Waals surface area (Å²) < 4.78 is 0. The van der Waals surface area contributed by atoms with Gasteiger partial charge in [0.15, 0.2) is 0 Å². The van der Waals surface area contributed by atoms with E-state index >= 15 is 0 Å². The summed E-state index contributed by atoms with van der Waals surface area (Å²) in [6.07, 6.45) is 0.704. The molecule has 3 amide bonds. The summed E-state index contributed by atoms with van der Waals surface area (Å²) in [5, 5.41) is 22.6. The fourth-order valence-corrected chi connectivity index (χ4v) is 3.22. The fraction of sp³-hybridized carbons (Fsp3) is 0.400. The molecule has 1 saturated heterocycles. The average molecular weight is 414 g/mol. The number of carbonyl (C=O) groups is 5. The van der Waals surface area contributed by atoms with Crippen LogP contribution in [0.1, 0.15) is 42.1 Å². The molecule has 3 atom stereocenters. The lowest BCUT2D eigenvalue weighted by atomic mass is 10.1. The Morgan fingerprint density at radius 2 is 2.07 bits per heavy atom. The zero-order valence-corrected chi connectivity index (χ0v) is 16.3. The van der Waals surface area contributed by atoms with Crippen molar-refractivity contribution >= 4 is 30.0 Å². The first-order chi connectivity index (χ1) is 14.3. The predicted octanol–water partition coefficient (Wildman–Crippen LogP) is -0.174. The molecule has 2 unspecified atom stereocenters. The number of nitrogens with one attached hydrogen (secondary N) is 2. The van der Waals surface area contributed by atoms with Gasteiger partial charge in [-0.1, -0.05) is 6.07 Å². The summed E-state index contributed by atoms with van der Waals surface area (Å²) in [4.78, 5) is 60.7. The molecule has 0 aliphatic carbocycles. The van der Waals surface area contributed by atoms with E-state index in [0.29, 0.717) is 31.2 Å². The largest absolute Gasteiger partial charge is 0.481 e. The molecule has 10 heteroatoms. The smallest absolute Gasteiger partial charge is 0.305 e. The molecule has 1 aromatic rings. The molecular formula is C20H22N4O6. The number of nitriles is 1. The van der Waals surface area contributed by atoms with E-state index in [-0.39, 0.29) is 5.56 Å². The van der Waals surface area contributed by atoms with Gasteiger partial charge < -0.3 is 25.4 Å². The molecule has 30 heavy (non-hydrogen) atoms. The van der Waals surface area contributed by atoms with Gasteiger partial charge in [0.25, 0.3) is 5.91 Å². The normalized spacial score (nSPS) is 17.3. The Kier molecular flexibility index (Phi) is 7.63. The van der Waals surface area contributed by atoms with Crippen LogP contribution in [0.2, 0.25) is 0 Å². The Bertz CT molecular complexity index is 894. The van der Waals surface area contributed by atoms with Crippen molar-refractivity contribution in [3.63, 3.8) is 0 Å². The van der Waals surface area contributed by atoms with E-state index in [4.69, 9.17) is 10.4 Å². The Hall–Kier alpha value is -3.74. The second-order valence-corrected chi connectivity index (χ2v) is 6.93. The van der Waals surface area contributed by atoms with Gasteiger partial charge in [0.05, 0.1) is 24.1 Å². The van der Waals surface area contributed by atoms with Crippen LogP contribution in [0.25, 0.3) is 0 Å². The maximum absolute atomic E-state index is 12.8. The van der Waals surface area contributed by atoms with E-state index < -0.39 is 48.2 Å². The number of likely N-dealkylation sites (tertiary alicyclic amines) is 1. The van der Waals surface area contributed by atoms with Crippen molar-refractivity contribution in [3.8, 4) is 6.07 Å². The van der Waals surface area contributed by atoms with Crippen LogP contribution in [0.5, 0.6) is 0 Å². The molecule has 1 fully saturated rings. The maximum Gasteiger partial charge on any atom is 0.305 e. The highest BCUT2D eigenvalue weighted by atomic mass is 16.4. The minimum Gasteiger partial charge on any atom is -0.481 e. The first kappa shape index (κ1) is 22.5. The number of carboxylic acid groups (broad SMARTS) is 1. The van der Waals surface area contributed by atoms with Gasteiger partial charge in [-0.15, -0.1) is 0 Å². The second kappa shape index (κ2) is 10.2. The van der Waals surface area contributed by atoms with Crippen LogP contribution < -0.4 is 10.6 Å². The van der Waals surface area contributed by atoms with E-state index in [9.17, 15) is 24.0 Å². The van der Waals surface area contributed by atoms with Crippen LogP contribution in [0.3, 0.4) is 0 Å². The first-order valence-electron chi connectivity index (χ1n) is 9.35. The summed E-state index contributed by atoms with van der Waals surface area (Å²) in [5.74, 6) is -2.85. The number of benzene rings is 1. The lowest BCUT2D eigenvalue weighted by Crippen LogP contribution is -2.54. The summed E-state index contributed by atoms with van der Waals surface area (Å²) in [7, 11) is 0. The number of aliphatic carboxylic acids is 1. The molecule has 1 aromatic carbocycles. The number of carbonyl (C=O) groups excluding carboxylic acids is 4. The third kappa shape index (κ3) is 5.64. The molecule has 10 nitrogen and oxygen atoms in total. The van der Waals surface area contributed by atoms with E-state index in [1.54, 1.807) is 12.1 Å². The number of nitrogens with zero attached hydrogens (tertiary/aromatic N) is 2. The van der Waals surface area contributed by atoms with Crippen LogP contribution in [0, 0.1) is 11.3 Å². The van der Waals surface area contributed by atoms with Gasteiger partial charge in [0, 0.05) is 12.1 Å². The Labute approximate surface area is 172 Å². The van der Waals surface area contributed by atoms with E-state index in [1.165, 1.54) is 24.0 Å². The van der Waals surface area contributed by atoms with Crippen molar-refractivity contribution in [3.05, 3.63) is 35.4 Å². The van der Waals surface area contributed by atoms with Crippen molar-refractivity contribution in [1.29, 1.82) is 5.26 Å². The van der Waals surface area contributed by atoms with Crippen LogP contribution in [-0.4, -0.2) is 64.7 Å². The summed E-state index contributed by atoms with van der Waals surface area (Å²) in [5.41, 5.74) is 0.538. The molecule has 0 radical (unpaired) electrons. The van der Waals surface area contributed by atoms with Crippen LogP contribution in [-0.2, 0) is 19.2 Å². The Morgan fingerprint density at radius 1 is 1.33 bits per heavy atom. The van der Waals surface area contributed by atoms with Gasteiger partial charge in [-0.05, 0) is 38.0 Å². The fourth-order valence-electron chi connectivity index (χ4n) is 3.22. The zero-order chi connectivity index (χ0) is 22.3. The molecule has 0 spiro atoms. The van der Waals surface area contributed by atoms with Gasteiger partial charge in [-0.2, -0.15) is 5.26 Å². The highest BCUT2D eigenvalue weighted by molar-refractivity contribution is 5.98. The number of hydrogen-bond donors (Lipinski definition) is 3. The molecule has 1 aliphatic heterocycles. The summed E-state index contributed by atoms with van der Waals surface area (Å²) in [6.45, 7) is 1.78. The minimum absolute atomic E-state index is 0.229. The molecule has 0 aromatic heterocycles. The lowest BCUT2D eigenvalue weighted by molar-refractivity contribution is -0.141. The Morgan fingerprint density at radius 3 is 2.70 bits per heavy atom. The SMILES string of the molecule is CC(NC(=O)c1cccc(C#N)c1)C(=O)N1CCC[C@H]1C(=O)NC(C=O)CC(=O)O. The van der Waals surface area contributed by atoms with Crippen LogP contribution in [0.4, 0.5) is 0 Å². The predicted molar refractivity (Wildman–Crippen MR) is 103 cm³/mol. The third-order valence-corrected chi connectivity index (χ3v) is 4.70. The zero-order valence-electron chi connectivity index (χ0n) is 16.3. The van der Waals surface area contributed by atoms with E-state index in [0.717, 1.165) is 0 Å². The highest BCUT2D eigenvalue weighted by Crippen LogP contribution is 2.19. The molecule has 0 saturated carbocycles. The standard InChI is InChI=1S/C20H22N4O6/c1-12(22-18(28)14-5-2-4-13(8-14)10-21)20(30)24-7-3-6-16(24)19(29)23-15(11-25)9-17(26)27/h2,4-5,8,11-12,15-16H,3,6-7,9H2,1H3,(H,22,28)(H,23,29)(H,26,27)/t12?,15?,16-/m0/s1. The van der Waals surface area contributed by atoms with Crippen molar-refractivity contribution in [1.82, 2.24) is 15.5 Å². The Balaban J connectivity index is 2.02. The lowest BCUT2D eigenvalue weighted by Gasteiger charge is -2.27. The molecular weight excluding hydrogens is 392 g/mol. The van der Waals surface area contributed by atoms with Gasteiger partial charge in [-0.25, -0.2) is 0 Å². The maximum atomic E-state index is 12.8. The van der Waals surface area contributed by atoms with Crippen LogP contribution >= 0.6 is 0 Å². The third-order valence-electron chi connectivity index (χ3n) is 4.70. The monoisotopic (exact) mass is 414 g/mol. The number of carboxylic acids is 1. The molecule has 158 valence electrons. The number of rotatable bonds is 8. The number of hydrogen-bond acceptors (Lipinski definition) is 6. The molecule has 3 N–H and O–H groups in total. The first-order valence-corrected chi connectivity index (χ1v) is 9.35. The average Bonchev–Trinajstić information content (AvgIpc) is 3.22. The number of aldehydes is 1. The minimum atomic E-state index is -1.23. The van der Waals surface area contributed by atoms with Gasteiger partial charge >= 0.3 is 5.97 Å². The van der Waals surface area contributed by atoms with Crippen molar-refractivity contribution in [2.75, 3.05) is 6.54 Å². The van der Waals surface area contributed by atoms with E-state index in [2.05, 4.69) is 10.6 Å².